The number of hydrogen-bond donors (Lipinski definition) is 1. The Morgan fingerprint density at radius 1 is 1.36 bits per heavy atom. The van der Waals surface area contributed by atoms with E-state index in [0.29, 0.717) is 35.2 Å². The molecule has 0 saturated heterocycles. The molecule has 0 aliphatic carbocycles. The zero-order valence-electron chi connectivity index (χ0n) is 14.3. The Hall–Kier alpha value is -2.40. The number of methoxy groups -OCH3 is 1. The molecule has 0 saturated carbocycles. The number of nitrogens with zero attached hydrogens (tertiary/aromatic N) is 1. The first-order valence-electron chi connectivity index (χ1n) is 8.26. The van der Waals surface area contributed by atoms with Gasteiger partial charge in [-0.05, 0) is 49.6 Å². The van der Waals surface area contributed by atoms with E-state index in [2.05, 4.69) is 0 Å². The maximum Gasteiger partial charge on any atom is 0.258 e. The molecule has 0 fully saturated rings. The lowest BCUT2D eigenvalue weighted by Crippen LogP contribution is -2.35. The lowest BCUT2D eigenvalue weighted by atomic mass is 9.99. The third-order valence-corrected chi connectivity index (χ3v) is 4.58. The number of anilines is 2. The van der Waals surface area contributed by atoms with Gasteiger partial charge in [0.15, 0.2) is 11.5 Å². The highest BCUT2D eigenvalue weighted by Gasteiger charge is 2.26. The molecular formula is C19H21ClN2O3. The molecule has 0 radical (unpaired) electrons. The molecule has 1 aliphatic rings. The number of fused-ring (bicyclic) bond motifs is 1. The smallest absolute Gasteiger partial charge is 0.258 e. The topological polar surface area (TPSA) is 64.8 Å². The number of halogens is 1. The van der Waals surface area contributed by atoms with Gasteiger partial charge in [-0.1, -0.05) is 17.7 Å². The molecule has 1 aliphatic heterocycles. The summed E-state index contributed by atoms with van der Waals surface area (Å²) in [5.41, 5.74) is 9.13. The zero-order chi connectivity index (χ0) is 18.0. The Morgan fingerprint density at radius 2 is 2.16 bits per heavy atom. The maximum atomic E-state index is 13.1. The lowest BCUT2D eigenvalue weighted by Gasteiger charge is -2.30. The second-order valence-corrected chi connectivity index (χ2v) is 6.23. The van der Waals surface area contributed by atoms with Gasteiger partial charge in [0.1, 0.15) is 0 Å². The first-order valence-corrected chi connectivity index (χ1v) is 8.64. The van der Waals surface area contributed by atoms with Crippen LogP contribution >= 0.6 is 11.6 Å². The van der Waals surface area contributed by atoms with Crippen molar-refractivity contribution in [2.75, 3.05) is 30.9 Å². The van der Waals surface area contributed by atoms with Crippen LogP contribution in [0, 0.1) is 0 Å². The molecule has 6 heteroatoms. The van der Waals surface area contributed by atoms with Gasteiger partial charge in [0.2, 0.25) is 0 Å². The van der Waals surface area contributed by atoms with Crippen molar-refractivity contribution in [2.24, 2.45) is 0 Å². The quantitative estimate of drug-likeness (QED) is 0.839. The summed E-state index contributed by atoms with van der Waals surface area (Å²) < 4.78 is 10.9. The van der Waals surface area contributed by atoms with Crippen LogP contribution in [0.15, 0.2) is 30.3 Å². The van der Waals surface area contributed by atoms with E-state index in [0.717, 1.165) is 29.8 Å². The third kappa shape index (κ3) is 3.24. The van der Waals surface area contributed by atoms with Crippen molar-refractivity contribution < 1.29 is 14.3 Å². The molecule has 5 nitrogen and oxygen atoms in total. The average molecular weight is 361 g/mol. The van der Waals surface area contributed by atoms with Crippen LogP contribution < -0.4 is 20.1 Å². The van der Waals surface area contributed by atoms with E-state index in [1.807, 2.05) is 25.1 Å². The van der Waals surface area contributed by atoms with Crippen LogP contribution in [0.5, 0.6) is 11.5 Å². The highest BCUT2D eigenvalue weighted by Crippen LogP contribution is 2.38. The highest BCUT2D eigenvalue weighted by molar-refractivity contribution is 6.32. The molecule has 2 N–H and O–H groups in total. The van der Waals surface area contributed by atoms with Gasteiger partial charge in [0.25, 0.3) is 5.91 Å². The number of nitrogen functional groups attached to an aromatic ring is 1. The fourth-order valence-electron chi connectivity index (χ4n) is 3.15. The number of nitrogens with two attached hydrogens (primary N) is 1. The fourth-order valence-corrected chi connectivity index (χ4v) is 3.41. The van der Waals surface area contributed by atoms with Gasteiger partial charge < -0.3 is 20.1 Å². The highest BCUT2D eigenvalue weighted by atomic mass is 35.5. The van der Waals surface area contributed by atoms with Crippen molar-refractivity contribution >= 4 is 28.9 Å². The van der Waals surface area contributed by atoms with E-state index >= 15 is 0 Å². The van der Waals surface area contributed by atoms with Crippen molar-refractivity contribution in [3.05, 3.63) is 46.5 Å². The van der Waals surface area contributed by atoms with E-state index < -0.39 is 0 Å². The summed E-state index contributed by atoms with van der Waals surface area (Å²) in [4.78, 5) is 14.8. The summed E-state index contributed by atoms with van der Waals surface area (Å²) in [5.74, 6) is 0.767. The van der Waals surface area contributed by atoms with Gasteiger partial charge in [-0.25, -0.2) is 0 Å². The molecule has 0 unspecified atom stereocenters. The van der Waals surface area contributed by atoms with E-state index in [9.17, 15) is 4.79 Å². The number of ether oxygens (including phenoxy) is 2. The van der Waals surface area contributed by atoms with Crippen LogP contribution in [0.4, 0.5) is 11.4 Å². The number of amides is 1. The van der Waals surface area contributed by atoms with E-state index in [1.54, 1.807) is 17.0 Å². The van der Waals surface area contributed by atoms with E-state index in [1.165, 1.54) is 7.11 Å². The maximum absolute atomic E-state index is 13.1. The standard InChI is InChI=1S/C19H21ClN2O3/c1-3-25-18-14(20)10-12(11-17(18)24-2)19(23)22-9-5-6-13-15(21)7-4-8-16(13)22/h4,7-8,10-11H,3,5-6,9,21H2,1-2H3. The molecule has 0 bridgehead atoms. The normalized spacial score (nSPS) is 13.3. The van der Waals surface area contributed by atoms with Crippen LogP contribution in [-0.4, -0.2) is 26.2 Å². The van der Waals surface area contributed by atoms with Gasteiger partial charge in [-0.2, -0.15) is 0 Å². The summed E-state index contributed by atoms with van der Waals surface area (Å²) >= 11 is 6.30. The number of benzene rings is 2. The second kappa shape index (κ2) is 7.23. The summed E-state index contributed by atoms with van der Waals surface area (Å²) in [7, 11) is 1.53. The van der Waals surface area contributed by atoms with Gasteiger partial charge >= 0.3 is 0 Å². The van der Waals surface area contributed by atoms with Crippen LogP contribution in [0.3, 0.4) is 0 Å². The molecule has 2 aromatic carbocycles. The molecule has 1 amide bonds. The Morgan fingerprint density at radius 3 is 2.88 bits per heavy atom. The third-order valence-electron chi connectivity index (χ3n) is 4.30. The largest absolute Gasteiger partial charge is 0.493 e. The number of rotatable bonds is 4. The Kier molecular flexibility index (Phi) is 5.04. The summed E-state index contributed by atoms with van der Waals surface area (Å²) in [6, 6.07) is 8.95. The molecule has 3 rings (SSSR count). The van der Waals surface area contributed by atoms with Crippen molar-refractivity contribution in [2.45, 2.75) is 19.8 Å². The SMILES string of the molecule is CCOc1c(Cl)cc(C(=O)N2CCCc3c(N)cccc32)cc1OC. The lowest BCUT2D eigenvalue weighted by molar-refractivity contribution is 0.0984. The summed E-state index contributed by atoms with van der Waals surface area (Å²) in [6.45, 7) is 2.97. The predicted octanol–water partition coefficient (Wildman–Crippen LogP) is 3.92. The zero-order valence-corrected chi connectivity index (χ0v) is 15.1. The van der Waals surface area contributed by atoms with Gasteiger partial charge in [0.05, 0.1) is 18.7 Å². The van der Waals surface area contributed by atoms with Crippen molar-refractivity contribution in [1.29, 1.82) is 0 Å². The first-order chi connectivity index (χ1) is 12.1. The summed E-state index contributed by atoms with van der Waals surface area (Å²) in [5, 5.41) is 0.356. The molecular weight excluding hydrogens is 340 g/mol. The average Bonchev–Trinajstić information content (AvgIpc) is 2.62. The number of carbonyl (C=O) groups is 1. The molecule has 1 heterocycles. The molecule has 0 aromatic heterocycles. The van der Waals surface area contributed by atoms with Crippen LogP contribution in [0.1, 0.15) is 29.3 Å². The van der Waals surface area contributed by atoms with Crippen molar-refractivity contribution in [3.8, 4) is 11.5 Å². The second-order valence-electron chi connectivity index (χ2n) is 5.83. The van der Waals surface area contributed by atoms with Crippen LogP contribution in [-0.2, 0) is 6.42 Å². The number of hydrogen-bond acceptors (Lipinski definition) is 4. The number of carbonyl (C=O) groups excluding carboxylic acids is 1. The molecule has 0 atom stereocenters. The molecule has 25 heavy (non-hydrogen) atoms. The first kappa shape index (κ1) is 17.4. The van der Waals surface area contributed by atoms with E-state index in [4.69, 9.17) is 26.8 Å². The molecule has 2 aromatic rings. The minimum absolute atomic E-state index is 0.130. The summed E-state index contributed by atoms with van der Waals surface area (Å²) in [6.07, 6.45) is 1.74. The Bertz CT molecular complexity index is 807. The fraction of sp³-hybridized carbons (Fsp3) is 0.316. The van der Waals surface area contributed by atoms with Gasteiger partial charge in [0, 0.05) is 23.5 Å². The predicted molar refractivity (Wildman–Crippen MR) is 100 cm³/mol. The minimum atomic E-state index is -0.130. The van der Waals surface area contributed by atoms with Crippen LogP contribution in [0.25, 0.3) is 0 Å². The van der Waals surface area contributed by atoms with Crippen LogP contribution in [0.2, 0.25) is 5.02 Å². The Balaban J connectivity index is 2.00. The van der Waals surface area contributed by atoms with Gasteiger partial charge in [-0.3, -0.25) is 4.79 Å². The minimum Gasteiger partial charge on any atom is -0.493 e. The molecule has 0 spiro atoms. The Labute approximate surface area is 152 Å². The van der Waals surface area contributed by atoms with Crippen molar-refractivity contribution in [3.63, 3.8) is 0 Å². The van der Waals surface area contributed by atoms with E-state index in [-0.39, 0.29) is 5.91 Å². The van der Waals surface area contributed by atoms with Gasteiger partial charge in [-0.15, -0.1) is 0 Å². The monoisotopic (exact) mass is 360 g/mol. The van der Waals surface area contributed by atoms with Crippen molar-refractivity contribution in [1.82, 2.24) is 0 Å². The molecule has 132 valence electrons.